The Kier molecular flexibility index (Phi) is 3.67. The molecular formula is C9H13NO3. The van der Waals surface area contributed by atoms with E-state index in [4.69, 9.17) is 14.2 Å². The zero-order chi connectivity index (χ0) is 9.68. The van der Waals surface area contributed by atoms with Gasteiger partial charge in [-0.1, -0.05) is 0 Å². The van der Waals surface area contributed by atoms with E-state index in [1.54, 1.807) is 39.8 Å². The number of hydrogen-bond donors (Lipinski definition) is 0. The molecule has 0 aliphatic carbocycles. The predicted molar refractivity (Wildman–Crippen MR) is 47.5 cm³/mol. The zero-order valence-electron chi connectivity index (χ0n) is 7.98. The second-order valence-electron chi connectivity index (χ2n) is 2.42. The van der Waals surface area contributed by atoms with Crippen LogP contribution in [0.2, 0.25) is 0 Å². The van der Waals surface area contributed by atoms with Crippen molar-refractivity contribution in [2.24, 2.45) is 0 Å². The summed E-state index contributed by atoms with van der Waals surface area (Å²) in [5.74, 6) is 0.663. The molecule has 1 aromatic heterocycles. The van der Waals surface area contributed by atoms with Gasteiger partial charge in [0.15, 0.2) is 6.29 Å². The normalized spacial score (nSPS) is 10.5. The summed E-state index contributed by atoms with van der Waals surface area (Å²) >= 11 is 0. The first-order valence-corrected chi connectivity index (χ1v) is 3.87. The summed E-state index contributed by atoms with van der Waals surface area (Å²) in [5.41, 5.74) is 0.836. The first-order chi connectivity index (χ1) is 6.33. The fourth-order valence-electron chi connectivity index (χ4n) is 1.11. The molecule has 0 aromatic carbocycles. The van der Waals surface area contributed by atoms with E-state index in [9.17, 15) is 0 Å². The van der Waals surface area contributed by atoms with Crippen LogP contribution < -0.4 is 4.74 Å². The smallest absolute Gasteiger partial charge is 0.186 e. The quantitative estimate of drug-likeness (QED) is 0.661. The zero-order valence-corrected chi connectivity index (χ0v) is 7.98. The highest BCUT2D eigenvalue weighted by molar-refractivity contribution is 5.30. The van der Waals surface area contributed by atoms with Crippen LogP contribution in [-0.4, -0.2) is 26.3 Å². The van der Waals surface area contributed by atoms with Crippen LogP contribution in [0.5, 0.6) is 5.75 Å². The number of nitrogens with zero attached hydrogens (tertiary/aromatic N) is 1. The van der Waals surface area contributed by atoms with Crippen molar-refractivity contribution in [3.63, 3.8) is 0 Å². The second-order valence-corrected chi connectivity index (χ2v) is 2.42. The van der Waals surface area contributed by atoms with E-state index in [-0.39, 0.29) is 0 Å². The summed E-state index contributed by atoms with van der Waals surface area (Å²) in [5, 5.41) is 0. The lowest BCUT2D eigenvalue weighted by molar-refractivity contribution is -0.107. The standard InChI is InChI=1S/C9H13NO3/c1-11-8-6-10-5-4-7(8)9(12-2)13-3/h4-6,9H,1-3H3. The molecule has 4 heteroatoms. The molecule has 1 heterocycles. The van der Waals surface area contributed by atoms with Crippen LogP contribution in [-0.2, 0) is 9.47 Å². The average Bonchev–Trinajstić information content (AvgIpc) is 2.20. The minimum absolute atomic E-state index is 0.405. The van der Waals surface area contributed by atoms with Gasteiger partial charge in [0.05, 0.1) is 18.9 Å². The number of methoxy groups -OCH3 is 3. The third-order valence-corrected chi connectivity index (χ3v) is 1.72. The molecule has 0 fully saturated rings. The molecule has 0 atom stereocenters. The summed E-state index contributed by atoms with van der Waals surface area (Å²) in [4.78, 5) is 3.93. The average molecular weight is 183 g/mol. The molecule has 0 N–H and O–H groups in total. The predicted octanol–water partition coefficient (Wildman–Crippen LogP) is 1.38. The minimum Gasteiger partial charge on any atom is -0.495 e. The number of aromatic nitrogens is 1. The van der Waals surface area contributed by atoms with E-state index in [0.717, 1.165) is 5.56 Å². The van der Waals surface area contributed by atoms with Gasteiger partial charge in [-0.15, -0.1) is 0 Å². The molecule has 0 saturated heterocycles. The number of ether oxygens (including phenoxy) is 3. The maximum absolute atomic E-state index is 5.11. The molecule has 0 unspecified atom stereocenters. The Morgan fingerprint density at radius 3 is 2.46 bits per heavy atom. The lowest BCUT2D eigenvalue weighted by Gasteiger charge is -2.15. The molecule has 0 spiro atoms. The molecule has 13 heavy (non-hydrogen) atoms. The molecule has 4 nitrogen and oxygen atoms in total. The van der Waals surface area contributed by atoms with Gasteiger partial charge in [0, 0.05) is 20.4 Å². The minimum atomic E-state index is -0.405. The Hall–Kier alpha value is -1.13. The van der Waals surface area contributed by atoms with E-state index in [1.165, 1.54) is 0 Å². The second kappa shape index (κ2) is 4.79. The van der Waals surface area contributed by atoms with E-state index >= 15 is 0 Å². The summed E-state index contributed by atoms with van der Waals surface area (Å²) in [7, 11) is 4.74. The molecule has 1 rings (SSSR count). The van der Waals surface area contributed by atoms with Gasteiger partial charge in [0.2, 0.25) is 0 Å². The van der Waals surface area contributed by atoms with Gasteiger partial charge in [0.1, 0.15) is 5.75 Å². The van der Waals surface area contributed by atoms with E-state index in [1.807, 2.05) is 0 Å². The molecular weight excluding hydrogens is 170 g/mol. The summed E-state index contributed by atoms with van der Waals surface area (Å²) in [6.07, 6.45) is 2.89. The van der Waals surface area contributed by atoms with Gasteiger partial charge in [-0.2, -0.15) is 0 Å². The molecule has 0 aliphatic heterocycles. The monoisotopic (exact) mass is 183 g/mol. The van der Waals surface area contributed by atoms with Gasteiger partial charge >= 0.3 is 0 Å². The highest BCUT2D eigenvalue weighted by Crippen LogP contribution is 2.25. The van der Waals surface area contributed by atoms with Crippen molar-refractivity contribution in [3.05, 3.63) is 24.0 Å². The molecule has 1 aromatic rings. The van der Waals surface area contributed by atoms with Crippen LogP contribution in [0, 0.1) is 0 Å². The van der Waals surface area contributed by atoms with Crippen LogP contribution >= 0.6 is 0 Å². The van der Waals surface area contributed by atoms with Crippen molar-refractivity contribution in [2.45, 2.75) is 6.29 Å². The Balaban J connectivity index is 2.96. The van der Waals surface area contributed by atoms with Crippen LogP contribution in [0.25, 0.3) is 0 Å². The van der Waals surface area contributed by atoms with E-state index in [0.29, 0.717) is 5.75 Å². The Morgan fingerprint density at radius 2 is 1.92 bits per heavy atom. The van der Waals surface area contributed by atoms with Gasteiger partial charge in [-0.05, 0) is 6.07 Å². The van der Waals surface area contributed by atoms with Gasteiger partial charge in [-0.25, -0.2) is 0 Å². The third-order valence-electron chi connectivity index (χ3n) is 1.72. The van der Waals surface area contributed by atoms with Gasteiger partial charge < -0.3 is 14.2 Å². The summed E-state index contributed by atoms with van der Waals surface area (Å²) < 4.78 is 15.3. The van der Waals surface area contributed by atoms with Crippen molar-refractivity contribution < 1.29 is 14.2 Å². The Morgan fingerprint density at radius 1 is 1.23 bits per heavy atom. The van der Waals surface area contributed by atoms with Crippen molar-refractivity contribution in [1.82, 2.24) is 4.98 Å². The molecule has 0 radical (unpaired) electrons. The largest absolute Gasteiger partial charge is 0.495 e. The van der Waals surface area contributed by atoms with E-state index in [2.05, 4.69) is 4.98 Å². The lowest BCUT2D eigenvalue weighted by Crippen LogP contribution is -2.05. The molecule has 0 bridgehead atoms. The first-order valence-electron chi connectivity index (χ1n) is 3.87. The van der Waals surface area contributed by atoms with E-state index < -0.39 is 6.29 Å². The molecule has 0 aliphatic rings. The number of hydrogen-bond acceptors (Lipinski definition) is 4. The van der Waals surface area contributed by atoms with Crippen LogP contribution in [0.15, 0.2) is 18.5 Å². The Bertz CT molecular complexity index is 261. The topological polar surface area (TPSA) is 40.6 Å². The highest BCUT2D eigenvalue weighted by Gasteiger charge is 2.13. The van der Waals surface area contributed by atoms with Crippen LogP contribution in [0.3, 0.4) is 0 Å². The van der Waals surface area contributed by atoms with Crippen molar-refractivity contribution in [3.8, 4) is 5.75 Å². The van der Waals surface area contributed by atoms with Crippen molar-refractivity contribution >= 4 is 0 Å². The van der Waals surface area contributed by atoms with Gasteiger partial charge in [-0.3, -0.25) is 4.98 Å². The SMILES string of the molecule is COc1cnccc1C(OC)OC. The molecule has 0 amide bonds. The third kappa shape index (κ3) is 2.17. The van der Waals surface area contributed by atoms with Crippen molar-refractivity contribution in [2.75, 3.05) is 21.3 Å². The Labute approximate surface area is 77.5 Å². The number of pyridine rings is 1. The first kappa shape index (κ1) is 9.95. The maximum Gasteiger partial charge on any atom is 0.186 e. The fraction of sp³-hybridized carbons (Fsp3) is 0.444. The highest BCUT2D eigenvalue weighted by atomic mass is 16.7. The maximum atomic E-state index is 5.11. The lowest BCUT2D eigenvalue weighted by atomic mass is 10.2. The summed E-state index contributed by atoms with van der Waals surface area (Å²) in [6.45, 7) is 0. The number of rotatable bonds is 4. The van der Waals surface area contributed by atoms with Crippen LogP contribution in [0.1, 0.15) is 11.9 Å². The summed E-state index contributed by atoms with van der Waals surface area (Å²) in [6, 6.07) is 1.80. The fourth-order valence-corrected chi connectivity index (χ4v) is 1.11. The van der Waals surface area contributed by atoms with Crippen molar-refractivity contribution in [1.29, 1.82) is 0 Å². The molecule has 72 valence electrons. The molecule has 0 saturated carbocycles. The van der Waals surface area contributed by atoms with Crippen LogP contribution in [0.4, 0.5) is 0 Å². The van der Waals surface area contributed by atoms with Gasteiger partial charge in [0.25, 0.3) is 0 Å².